The minimum Gasteiger partial charge on any atom is -0.493 e. The summed E-state index contributed by atoms with van der Waals surface area (Å²) in [6.07, 6.45) is 6.44. The van der Waals surface area contributed by atoms with E-state index < -0.39 is 9.84 Å². The molecule has 0 saturated carbocycles. The summed E-state index contributed by atoms with van der Waals surface area (Å²) >= 11 is 0. The Balaban J connectivity index is 1.54. The van der Waals surface area contributed by atoms with Gasteiger partial charge < -0.3 is 9.47 Å². The average Bonchev–Trinajstić information content (AvgIpc) is 3.46. The fourth-order valence-electron chi connectivity index (χ4n) is 4.52. The van der Waals surface area contributed by atoms with Crippen molar-refractivity contribution < 1.29 is 17.9 Å². The van der Waals surface area contributed by atoms with E-state index in [0.717, 1.165) is 33.0 Å². The van der Waals surface area contributed by atoms with Gasteiger partial charge in [-0.15, -0.1) is 0 Å². The monoisotopic (exact) mass is 537 g/mol. The Hall–Kier alpha value is -4.83. The number of sulfone groups is 1. The van der Waals surface area contributed by atoms with Gasteiger partial charge in [0.1, 0.15) is 0 Å². The van der Waals surface area contributed by atoms with E-state index in [4.69, 9.17) is 19.4 Å². The molecule has 9 nitrogen and oxygen atoms in total. The number of nitrogens with zero attached hydrogens (tertiary/aromatic N) is 5. The minimum absolute atomic E-state index is 0.259. The van der Waals surface area contributed by atoms with Crippen LogP contribution in [0.5, 0.6) is 11.5 Å². The number of para-hydroxylation sites is 1. The van der Waals surface area contributed by atoms with Crippen molar-refractivity contribution in [1.82, 2.24) is 24.7 Å². The molecule has 0 N–H and O–H groups in total. The third-order valence-electron chi connectivity index (χ3n) is 6.48. The predicted octanol–water partition coefficient (Wildman–Crippen LogP) is 5.12. The summed E-state index contributed by atoms with van der Waals surface area (Å²) < 4.78 is 36.4. The maximum absolute atomic E-state index is 11.8. The number of pyridine rings is 1. The lowest BCUT2D eigenvalue weighted by Gasteiger charge is -2.14. The van der Waals surface area contributed by atoms with E-state index in [-0.39, 0.29) is 4.90 Å². The average molecular weight is 538 g/mol. The van der Waals surface area contributed by atoms with Crippen molar-refractivity contribution in [2.45, 2.75) is 4.90 Å². The van der Waals surface area contributed by atoms with Crippen molar-refractivity contribution in [2.24, 2.45) is 0 Å². The largest absolute Gasteiger partial charge is 0.493 e. The number of rotatable bonds is 6. The molecule has 10 heteroatoms. The highest BCUT2D eigenvalue weighted by Gasteiger charge is 2.18. The number of ether oxygens (including phenoxy) is 2. The van der Waals surface area contributed by atoms with Crippen LogP contribution in [0, 0.1) is 0 Å². The molecule has 3 aromatic carbocycles. The number of aromatic nitrogens is 5. The molecule has 0 atom stereocenters. The second-order valence-corrected chi connectivity index (χ2v) is 11.0. The van der Waals surface area contributed by atoms with Gasteiger partial charge in [-0.05, 0) is 29.8 Å². The Morgan fingerprint density at radius 2 is 1.59 bits per heavy atom. The first kappa shape index (κ1) is 24.5. The van der Waals surface area contributed by atoms with Crippen molar-refractivity contribution in [2.75, 3.05) is 20.5 Å². The van der Waals surface area contributed by atoms with Gasteiger partial charge in [0.2, 0.25) is 0 Å². The second-order valence-electron chi connectivity index (χ2n) is 8.95. The molecule has 0 aliphatic rings. The van der Waals surface area contributed by atoms with Crippen LogP contribution < -0.4 is 9.47 Å². The zero-order valence-corrected chi connectivity index (χ0v) is 22.2. The van der Waals surface area contributed by atoms with Crippen molar-refractivity contribution in [3.05, 3.63) is 85.3 Å². The molecule has 0 unspecified atom stereocenters. The number of methoxy groups -OCH3 is 2. The summed E-state index contributed by atoms with van der Waals surface area (Å²) in [4.78, 5) is 14.6. The Morgan fingerprint density at radius 1 is 0.846 bits per heavy atom. The topological polar surface area (TPSA) is 109 Å². The number of hydrogen-bond acceptors (Lipinski definition) is 8. The third-order valence-corrected chi connectivity index (χ3v) is 7.61. The molecule has 0 radical (unpaired) electrons. The predicted molar refractivity (Wildman–Crippen MR) is 149 cm³/mol. The zero-order chi connectivity index (χ0) is 27.1. The highest BCUT2D eigenvalue weighted by molar-refractivity contribution is 7.90. The van der Waals surface area contributed by atoms with Crippen LogP contribution >= 0.6 is 0 Å². The fourth-order valence-corrected chi connectivity index (χ4v) is 5.15. The lowest BCUT2D eigenvalue weighted by molar-refractivity contribution is 0.356. The van der Waals surface area contributed by atoms with Gasteiger partial charge in [0.15, 0.2) is 21.3 Å². The molecule has 0 saturated heterocycles. The molecule has 0 aliphatic carbocycles. The zero-order valence-electron chi connectivity index (χ0n) is 21.4. The van der Waals surface area contributed by atoms with Crippen LogP contribution in [-0.4, -0.2) is 53.6 Å². The number of benzene rings is 3. The minimum atomic E-state index is -3.28. The first-order chi connectivity index (χ1) is 18.9. The van der Waals surface area contributed by atoms with Gasteiger partial charge in [-0.1, -0.05) is 36.4 Å². The molecular formula is C29H23N5O4S. The Bertz CT molecular complexity index is 1960. The summed E-state index contributed by atoms with van der Waals surface area (Å²) in [5, 5.41) is 6.28. The first-order valence-electron chi connectivity index (χ1n) is 12.0. The highest BCUT2D eigenvalue weighted by atomic mass is 32.2. The maximum atomic E-state index is 11.8. The van der Waals surface area contributed by atoms with Gasteiger partial charge in [-0.3, -0.25) is 4.98 Å². The molecule has 0 fully saturated rings. The Kier molecular flexibility index (Phi) is 5.96. The van der Waals surface area contributed by atoms with Gasteiger partial charge >= 0.3 is 0 Å². The first-order valence-corrected chi connectivity index (χ1v) is 13.9. The van der Waals surface area contributed by atoms with Crippen LogP contribution in [0.3, 0.4) is 0 Å². The second kappa shape index (κ2) is 9.48. The fraction of sp³-hybridized carbons (Fsp3) is 0.103. The summed E-state index contributed by atoms with van der Waals surface area (Å²) in [7, 11) is -0.115. The van der Waals surface area contributed by atoms with Gasteiger partial charge in [-0.25, -0.2) is 23.1 Å². The maximum Gasteiger partial charge on any atom is 0.251 e. The standard InChI is InChI=1S/C29H23N5O4S/c1-37-25-14-23-24(15-26(25)38-2)32-29(33-28(23)22-8-4-6-19-7-5-13-30-27(19)22)34-17-20(16-31-34)18-9-11-21(12-10-18)39(3,35)36/h4-17H,1-3H3. The van der Waals surface area contributed by atoms with Gasteiger partial charge in [-0.2, -0.15) is 5.10 Å². The van der Waals surface area contributed by atoms with Gasteiger partial charge in [0.05, 0.1) is 42.0 Å². The quantitative estimate of drug-likeness (QED) is 0.288. The molecule has 194 valence electrons. The molecule has 0 spiro atoms. The third kappa shape index (κ3) is 4.44. The number of fused-ring (bicyclic) bond motifs is 2. The summed E-state index contributed by atoms with van der Waals surface area (Å²) in [6.45, 7) is 0. The summed E-state index contributed by atoms with van der Waals surface area (Å²) in [5.74, 6) is 1.47. The lowest BCUT2D eigenvalue weighted by atomic mass is 10.0. The van der Waals surface area contributed by atoms with Crippen LogP contribution in [0.15, 0.2) is 90.2 Å². The van der Waals surface area contributed by atoms with E-state index in [0.29, 0.717) is 28.7 Å². The molecule has 0 aliphatic heterocycles. The van der Waals surface area contributed by atoms with E-state index in [1.807, 2.05) is 48.7 Å². The van der Waals surface area contributed by atoms with E-state index in [1.165, 1.54) is 6.26 Å². The SMILES string of the molecule is COc1cc2nc(-n3cc(-c4ccc(S(C)(=O)=O)cc4)cn3)nc(-c3cccc4cccnc34)c2cc1OC. The Labute approximate surface area is 224 Å². The van der Waals surface area contributed by atoms with Crippen LogP contribution in [0.4, 0.5) is 0 Å². The van der Waals surface area contributed by atoms with Crippen molar-refractivity contribution >= 4 is 31.6 Å². The summed E-state index contributed by atoms with van der Waals surface area (Å²) in [6, 6.07) is 20.2. The molecule has 0 bridgehead atoms. The smallest absolute Gasteiger partial charge is 0.251 e. The summed E-state index contributed by atoms with van der Waals surface area (Å²) in [5.41, 5.74) is 4.59. The van der Waals surface area contributed by atoms with Gasteiger partial charge in [0, 0.05) is 46.6 Å². The molecule has 3 aromatic heterocycles. The van der Waals surface area contributed by atoms with Crippen LogP contribution in [0.1, 0.15) is 0 Å². The molecule has 3 heterocycles. The molecule has 39 heavy (non-hydrogen) atoms. The molecule has 6 aromatic rings. The van der Waals surface area contributed by atoms with E-state index >= 15 is 0 Å². The Morgan fingerprint density at radius 3 is 2.33 bits per heavy atom. The molecular weight excluding hydrogens is 514 g/mol. The van der Waals surface area contributed by atoms with Crippen LogP contribution in [0.2, 0.25) is 0 Å². The highest BCUT2D eigenvalue weighted by Crippen LogP contribution is 2.37. The lowest BCUT2D eigenvalue weighted by Crippen LogP contribution is -2.04. The van der Waals surface area contributed by atoms with E-state index in [1.54, 1.807) is 55.6 Å². The van der Waals surface area contributed by atoms with Crippen molar-refractivity contribution in [3.63, 3.8) is 0 Å². The van der Waals surface area contributed by atoms with Gasteiger partial charge in [0.25, 0.3) is 5.95 Å². The van der Waals surface area contributed by atoms with E-state index in [2.05, 4.69) is 10.1 Å². The molecule has 0 amide bonds. The number of hydrogen-bond donors (Lipinski definition) is 0. The van der Waals surface area contributed by atoms with Crippen molar-refractivity contribution in [1.29, 1.82) is 0 Å². The van der Waals surface area contributed by atoms with Crippen LogP contribution in [-0.2, 0) is 9.84 Å². The normalized spacial score (nSPS) is 11.7. The van der Waals surface area contributed by atoms with E-state index in [9.17, 15) is 8.42 Å². The van der Waals surface area contributed by atoms with Crippen molar-refractivity contribution in [3.8, 4) is 39.8 Å². The van der Waals surface area contributed by atoms with Crippen LogP contribution in [0.25, 0.3) is 50.1 Å². The molecule has 6 rings (SSSR count).